The lowest BCUT2D eigenvalue weighted by Crippen LogP contribution is -2.24. The number of aryl methyl sites for hydroxylation is 2. The van der Waals surface area contributed by atoms with E-state index in [0.29, 0.717) is 11.5 Å². The van der Waals surface area contributed by atoms with Crippen molar-refractivity contribution in [3.8, 4) is 11.5 Å². The molecule has 26 heavy (non-hydrogen) atoms. The molecule has 0 atom stereocenters. The molecule has 2 aromatic carbocycles. The standard InChI is InChI=1S/C20H20Cl2O4/c1-14-5-3-7-16(11-14)25-18(23)9-10-20(21,22)13-19(24)26-17-8-4-6-15(2)12-17/h3-8,11-12H,9-10,13H2,1-2H3. The van der Waals surface area contributed by atoms with E-state index in [0.717, 1.165) is 11.1 Å². The molecule has 0 aliphatic carbocycles. The van der Waals surface area contributed by atoms with Gasteiger partial charge < -0.3 is 9.47 Å². The molecule has 0 aromatic heterocycles. The maximum atomic E-state index is 12.0. The predicted octanol–water partition coefficient (Wildman–Crippen LogP) is 5.16. The maximum absolute atomic E-state index is 12.0. The number of ether oxygens (including phenoxy) is 2. The summed E-state index contributed by atoms with van der Waals surface area (Å²) in [5, 5.41) is 0. The Hall–Kier alpha value is -2.04. The van der Waals surface area contributed by atoms with Crippen LogP contribution >= 0.6 is 23.2 Å². The van der Waals surface area contributed by atoms with Gasteiger partial charge in [0.15, 0.2) is 0 Å². The predicted molar refractivity (Wildman–Crippen MR) is 102 cm³/mol. The minimum Gasteiger partial charge on any atom is -0.427 e. The van der Waals surface area contributed by atoms with Crippen LogP contribution in [0.4, 0.5) is 0 Å². The topological polar surface area (TPSA) is 52.6 Å². The minimum absolute atomic E-state index is 0.0152. The molecule has 0 aliphatic heterocycles. The second-order valence-corrected chi connectivity index (χ2v) is 7.75. The Morgan fingerprint density at radius 2 is 1.38 bits per heavy atom. The van der Waals surface area contributed by atoms with E-state index in [-0.39, 0.29) is 19.3 Å². The fraction of sp³-hybridized carbons (Fsp3) is 0.300. The molecule has 6 heteroatoms. The summed E-state index contributed by atoms with van der Waals surface area (Å²) in [6.45, 7) is 3.80. The van der Waals surface area contributed by atoms with Crippen molar-refractivity contribution in [1.82, 2.24) is 0 Å². The van der Waals surface area contributed by atoms with Gasteiger partial charge in [-0.1, -0.05) is 24.3 Å². The minimum atomic E-state index is -1.41. The lowest BCUT2D eigenvalue weighted by Gasteiger charge is -2.18. The number of carbonyl (C=O) groups excluding carboxylic acids is 2. The first-order valence-corrected chi connectivity index (χ1v) is 8.92. The zero-order valence-electron chi connectivity index (χ0n) is 14.6. The van der Waals surface area contributed by atoms with Crippen molar-refractivity contribution in [3.05, 3.63) is 59.7 Å². The number of carbonyl (C=O) groups is 2. The van der Waals surface area contributed by atoms with Gasteiger partial charge in [0.2, 0.25) is 0 Å². The number of hydrogen-bond acceptors (Lipinski definition) is 4. The van der Waals surface area contributed by atoms with E-state index in [2.05, 4.69) is 0 Å². The lowest BCUT2D eigenvalue weighted by molar-refractivity contribution is -0.136. The van der Waals surface area contributed by atoms with Gasteiger partial charge in [-0.3, -0.25) is 9.59 Å². The van der Waals surface area contributed by atoms with Crippen LogP contribution in [0.15, 0.2) is 48.5 Å². The zero-order chi connectivity index (χ0) is 19.2. The van der Waals surface area contributed by atoms with Gasteiger partial charge in [0.25, 0.3) is 0 Å². The third-order valence-corrected chi connectivity index (χ3v) is 4.19. The van der Waals surface area contributed by atoms with Gasteiger partial charge in [0, 0.05) is 6.42 Å². The highest BCUT2D eigenvalue weighted by Gasteiger charge is 2.30. The van der Waals surface area contributed by atoms with Gasteiger partial charge in [-0.25, -0.2) is 0 Å². The number of rotatable bonds is 7. The number of alkyl halides is 2. The third-order valence-electron chi connectivity index (χ3n) is 3.54. The molecule has 0 radical (unpaired) electrons. The van der Waals surface area contributed by atoms with E-state index >= 15 is 0 Å². The van der Waals surface area contributed by atoms with Crippen LogP contribution in [0.2, 0.25) is 0 Å². The Bertz CT molecular complexity index is 787. The summed E-state index contributed by atoms with van der Waals surface area (Å²) >= 11 is 12.3. The molecule has 0 saturated heterocycles. The van der Waals surface area contributed by atoms with Gasteiger partial charge >= 0.3 is 11.9 Å². The van der Waals surface area contributed by atoms with Crippen LogP contribution in [-0.2, 0) is 9.59 Å². The highest BCUT2D eigenvalue weighted by Crippen LogP contribution is 2.32. The zero-order valence-corrected chi connectivity index (χ0v) is 16.1. The molecule has 2 aromatic rings. The van der Waals surface area contributed by atoms with Crippen LogP contribution in [0.3, 0.4) is 0 Å². The SMILES string of the molecule is Cc1cccc(OC(=O)CCC(Cl)(Cl)CC(=O)Oc2cccc(C)c2)c1. The lowest BCUT2D eigenvalue weighted by atomic mass is 10.1. The summed E-state index contributed by atoms with van der Waals surface area (Å²) in [6.07, 6.45) is -0.176. The van der Waals surface area contributed by atoms with Gasteiger partial charge in [-0.2, -0.15) is 0 Å². The molecule has 0 heterocycles. The van der Waals surface area contributed by atoms with Crippen molar-refractivity contribution < 1.29 is 19.1 Å². The molecule has 0 N–H and O–H groups in total. The molecule has 0 aliphatic rings. The van der Waals surface area contributed by atoms with Crippen molar-refractivity contribution in [2.24, 2.45) is 0 Å². The average molecular weight is 395 g/mol. The van der Waals surface area contributed by atoms with E-state index < -0.39 is 16.3 Å². The Balaban J connectivity index is 1.81. The number of esters is 2. The largest absolute Gasteiger partial charge is 0.427 e. The monoisotopic (exact) mass is 394 g/mol. The molecular weight excluding hydrogens is 375 g/mol. The first-order valence-electron chi connectivity index (χ1n) is 8.16. The number of hydrogen-bond donors (Lipinski definition) is 0. The molecule has 2 rings (SSSR count). The van der Waals surface area contributed by atoms with Gasteiger partial charge in [0.05, 0.1) is 6.42 Å². The van der Waals surface area contributed by atoms with E-state index in [9.17, 15) is 9.59 Å². The number of halogens is 2. The fourth-order valence-corrected chi connectivity index (χ4v) is 2.70. The van der Waals surface area contributed by atoms with Gasteiger partial charge in [-0.05, 0) is 55.7 Å². The molecule has 0 bridgehead atoms. The molecule has 4 nitrogen and oxygen atoms in total. The first kappa shape index (κ1) is 20.3. The molecule has 0 amide bonds. The van der Waals surface area contributed by atoms with Crippen molar-refractivity contribution in [1.29, 1.82) is 0 Å². The van der Waals surface area contributed by atoms with E-state index in [1.807, 2.05) is 26.0 Å². The molecule has 0 spiro atoms. The van der Waals surface area contributed by atoms with Gasteiger partial charge in [0.1, 0.15) is 15.8 Å². The second-order valence-electron chi connectivity index (χ2n) is 6.11. The maximum Gasteiger partial charge on any atom is 0.314 e. The van der Waals surface area contributed by atoms with E-state index in [1.54, 1.807) is 36.4 Å². The second kappa shape index (κ2) is 9.06. The summed E-state index contributed by atoms with van der Waals surface area (Å²) in [5.74, 6) is -0.137. The van der Waals surface area contributed by atoms with E-state index in [4.69, 9.17) is 32.7 Å². The van der Waals surface area contributed by atoms with Crippen molar-refractivity contribution in [2.75, 3.05) is 0 Å². The quantitative estimate of drug-likeness (QED) is 0.369. The average Bonchev–Trinajstić information content (AvgIpc) is 2.52. The van der Waals surface area contributed by atoms with Gasteiger partial charge in [-0.15, -0.1) is 23.2 Å². The summed E-state index contributed by atoms with van der Waals surface area (Å²) < 4.78 is 9.04. The van der Waals surface area contributed by atoms with Crippen molar-refractivity contribution in [3.63, 3.8) is 0 Å². The van der Waals surface area contributed by atoms with E-state index in [1.165, 1.54) is 0 Å². The third kappa shape index (κ3) is 7.06. The van der Waals surface area contributed by atoms with Crippen LogP contribution < -0.4 is 9.47 Å². The first-order chi connectivity index (χ1) is 12.2. The molecule has 0 unspecified atom stereocenters. The van der Waals surface area contributed by atoms with Crippen molar-refractivity contribution in [2.45, 2.75) is 37.4 Å². The van der Waals surface area contributed by atoms with Crippen LogP contribution in [-0.4, -0.2) is 16.3 Å². The molecular formula is C20H20Cl2O4. The van der Waals surface area contributed by atoms with Crippen LogP contribution in [0.1, 0.15) is 30.4 Å². The Morgan fingerprint density at radius 3 is 1.88 bits per heavy atom. The highest BCUT2D eigenvalue weighted by molar-refractivity contribution is 6.49. The smallest absolute Gasteiger partial charge is 0.314 e. The van der Waals surface area contributed by atoms with Crippen LogP contribution in [0, 0.1) is 13.8 Å². The summed E-state index contributed by atoms with van der Waals surface area (Å²) in [5.41, 5.74) is 1.95. The normalized spacial score (nSPS) is 11.1. The summed E-state index contributed by atoms with van der Waals surface area (Å²) in [4.78, 5) is 23.9. The molecule has 0 fully saturated rings. The molecule has 0 saturated carbocycles. The highest BCUT2D eigenvalue weighted by atomic mass is 35.5. The molecule has 138 valence electrons. The fourth-order valence-electron chi connectivity index (χ4n) is 2.29. The number of benzene rings is 2. The Morgan fingerprint density at radius 1 is 0.885 bits per heavy atom. The Labute approximate surface area is 163 Å². The van der Waals surface area contributed by atoms with Crippen LogP contribution in [0.5, 0.6) is 11.5 Å². The summed E-state index contributed by atoms with van der Waals surface area (Å²) in [6, 6.07) is 14.2. The van der Waals surface area contributed by atoms with Crippen molar-refractivity contribution >= 4 is 35.1 Å². The van der Waals surface area contributed by atoms with Crippen LogP contribution in [0.25, 0.3) is 0 Å². The Kier molecular flexibility index (Phi) is 7.06. The summed E-state index contributed by atoms with van der Waals surface area (Å²) in [7, 11) is 0.